The second-order valence-electron chi connectivity index (χ2n) is 6.47. The molecule has 0 radical (unpaired) electrons. The summed E-state index contributed by atoms with van der Waals surface area (Å²) in [5, 5.41) is 2.69. The van der Waals surface area contributed by atoms with Crippen molar-refractivity contribution in [3.63, 3.8) is 0 Å². The van der Waals surface area contributed by atoms with Crippen LogP contribution in [-0.2, 0) is 9.53 Å². The number of H-pyrrole nitrogens is 1. The van der Waals surface area contributed by atoms with Crippen molar-refractivity contribution in [2.24, 2.45) is 0 Å². The van der Waals surface area contributed by atoms with Crippen LogP contribution in [0.2, 0.25) is 0 Å². The highest BCUT2D eigenvalue weighted by Crippen LogP contribution is 2.31. The molecule has 1 aromatic carbocycles. The fourth-order valence-corrected chi connectivity index (χ4v) is 3.34. The van der Waals surface area contributed by atoms with E-state index < -0.39 is 5.97 Å². The summed E-state index contributed by atoms with van der Waals surface area (Å²) in [7, 11) is 0. The summed E-state index contributed by atoms with van der Waals surface area (Å²) < 4.78 is 19.3. The first-order valence-corrected chi connectivity index (χ1v) is 8.82. The Morgan fingerprint density at radius 3 is 2.79 bits per heavy atom. The summed E-state index contributed by atoms with van der Waals surface area (Å²) in [6, 6.07) is 7.00. The zero-order valence-electron chi connectivity index (χ0n) is 15.0. The lowest BCUT2D eigenvalue weighted by Crippen LogP contribution is -2.24. The Morgan fingerprint density at radius 1 is 1.32 bits per heavy atom. The third-order valence-corrected chi connectivity index (χ3v) is 4.69. The average molecular weight is 384 g/mol. The molecule has 8 nitrogen and oxygen atoms in total. The van der Waals surface area contributed by atoms with Gasteiger partial charge in [-0.25, -0.2) is 18.7 Å². The molecule has 1 atom stereocenters. The number of aromatic nitrogens is 3. The van der Waals surface area contributed by atoms with Gasteiger partial charge in [0.2, 0.25) is 5.91 Å². The second kappa shape index (κ2) is 6.91. The van der Waals surface area contributed by atoms with E-state index in [1.165, 1.54) is 41.4 Å². The predicted octanol–water partition coefficient (Wildman–Crippen LogP) is 1.86. The third-order valence-electron chi connectivity index (χ3n) is 4.69. The van der Waals surface area contributed by atoms with Crippen LogP contribution in [-0.4, -0.2) is 39.6 Å². The number of rotatable bonds is 4. The lowest BCUT2D eigenvalue weighted by Gasteiger charge is -2.16. The molecule has 144 valence electrons. The summed E-state index contributed by atoms with van der Waals surface area (Å²) in [5.74, 6) is -1.43. The van der Waals surface area contributed by atoms with Crippen LogP contribution in [0.25, 0.3) is 5.65 Å². The van der Waals surface area contributed by atoms with Gasteiger partial charge in [-0.3, -0.25) is 14.7 Å². The number of carbonyl (C=O) groups excluding carboxylic acids is 2. The van der Waals surface area contributed by atoms with Gasteiger partial charge in [0, 0.05) is 36.8 Å². The van der Waals surface area contributed by atoms with Gasteiger partial charge in [0.15, 0.2) is 5.65 Å². The van der Waals surface area contributed by atoms with Crippen LogP contribution in [0.3, 0.4) is 0 Å². The van der Waals surface area contributed by atoms with Crippen LogP contribution in [0.15, 0.2) is 41.3 Å². The molecule has 1 aliphatic rings. The highest BCUT2D eigenvalue weighted by atomic mass is 19.1. The van der Waals surface area contributed by atoms with Gasteiger partial charge in [0.05, 0.1) is 12.3 Å². The van der Waals surface area contributed by atoms with Crippen molar-refractivity contribution in [2.45, 2.75) is 19.3 Å². The number of carbonyl (C=O) groups is 2. The summed E-state index contributed by atoms with van der Waals surface area (Å²) in [4.78, 5) is 42.9. The standard InChI is InChI=1S/C19H17FN4O4/c1-2-28-19(27)14-9-21-24-17(26)8-15(22-18(14)24)11-7-16(25)23(10-11)13-5-3-12(20)4-6-13/h3-6,8-9,11,21H,2,7,10H2,1H3/t11-/m1/s1. The lowest BCUT2D eigenvalue weighted by atomic mass is 10.0. The number of nitrogens with zero attached hydrogens (tertiary/aromatic N) is 3. The van der Waals surface area contributed by atoms with E-state index in [9.17, 15) is 18.8 Å². The van der Waals surface area contributed by atoms with Crippen molar-refractivity contribution in [1.82, 2.24) is 14.6 Å². The molecule has 1 saturated heterocycles. The first kappa shape index (κ1) is 17.9. The van der Waals surface area contributed by atoms with E-state index in [-0.39, 0.29) is 47.4 Å². The van der Waals surface area contributed by atoms with Crippen molar-refractivity contribution in [3.8, 4) is 0 Å². The highest BCUT2D eigenvalue weighted by molar-refractivity contribution is 5.97. The molecule has 1 aliphatic heterocycles. The topological polar surface area (TPSA) is 96.8 Å². The fourth-order valence-electron chi connectivity index (χ4n) is 3.34. The Morgan fingerprint density at radius 2 is 2.07 bits per heavy atom. The van der Waals surface area contributed by atoms with Gasteiger partial charge in [-0.2, -0.15) is 0 Å². The van der Waals surface area contributed by atoms with E-state index in [1.807, 2.05) is 0 Å². The number of benzene rings is 1. The number of nitrogens with one attached hydrogen (secondary N) is 1. The van der Waals surface area contributed by atoms with Crippen molar-refractivity contribution < 1.29 is 18.7 Å². The summed E-state index contributed by atoms with van der Waals surface area (Å²) in [6.07, 6.45) is 1.54. The average Bonchev–Trinajstić information content (AvgIpc) is 3.27. The van der Waals surface area contributed by atoms with E-state index in [1.54, 1.807) is 6.92 Å². The Balaban J connectivity index is 1.68. The first-order valence-electron chi connectivity index (χ1n) is 8.82. The largest absolute Gasteiger partial charge is 0.462 e. The summed E-state index contributed by atoms with van der Waals surface area (Å²) >= 11 is 0. The predicted molar refractivity (Wildman–Crippen MR) is 97.9 cm³/mol. The van der Waals surface area contributed by atoms with Crippen LogP contribution in [0, 0.1) is 5.82 Å². The smallest absolute Gasteiger partial charge is 0.343 e. The number of hydrogen-bond donors (Lipinski definition) is 1. The molecular weight excluding hydrogens is 367 g/mol. The third kappa shape index (κ3) is 3.04. The van der Waals surface area contributed by atoms with Crippen molar-refractivity contribution >= 4 is 23.2 Å². The summed E-state index contributed by atoms with van der Waals surface area (Å²) in [6.45, 7) is 2.20. The van der Waals surface area contributed by atoms with Crippen molar-refractivity contribution in [1.29, 1.82) is 0 Å². The Bertz CT molecular complexity index is 1120. The molecule has 0 aliphatic carbocycles. The van der Waals surface area contributed by atoms with Gasteiger partial charge in [0.25, 0.3) is 5.56 Å². The van der Waals surface area contributed by atoms with Gasteiger partial charge in [-0.1, -0.05) is 0 Å². The minimum absolute atomic E-state index is 0.140. The monoisotopic (exact) mass is 384 g/mol. The fraction of sp³-hybridized carbons (Fsp3) is 0.263. The van der Waals surface area contributed by atoms with Gasteiger partial charge in [-0.15, -0.1) is 0 Å². The Hall–Kier alpha value is -3.49. The minimum Gasteiger partial charge on any atom is -0.462 e. The van der Waals surface area contributed by atoms with Gasteiger partial charge >= 0.3 is 5.97 Å². The molecule has 2 aromatic heterocycles. The van der Waals surface area contributed by atoms with E-state index in [2.05, 4.69) is 10.1 Å². The maximum atomic E-state index is 13.1. The molecular formula is C19H17FN4O4. The first-order chi connectivity index (χ1) is 13.5. The minimum atomic E-state index is -0.583. The quantitative estimate of drug-likeness (QED) is 0.693. The van der Waals surface area contributed by atoms with Crippen molar-refractivity contribution in [3.05, 3.63) is 64.0 Å². The molecule has 4 rings (SSSR count). The molecule has 1 fully saturated rings. The van der Waals surface area contributed by atoms with Crippen molar-refractivity contribution in [2.75, 3.05) is 18.1 Å². The van der Waals surface area contributed by atoms with E-state index in [0.717, 1.165) is 4.52 Å². The molecule has 1 N–H and O–H groups in total. The van der Waals surface area contributed by atoms with Crippen LogP contribution in [0.4, 0.5) is 10.1 Å². The Labute approximate surface area is 158 Å². The number of esters is 1. The number of ether oxygens (including phenoxy) is 1. The lowest BCUT2D eigenvalue weighted by molar-refractivity contribution is -0.117. The van der Waals surface area contributed by atoms with Crippen LogP contribution in [0.1, 0.15) is 35.3 Å². The van der Waals surface area contributed by atoms with Crippen LogP contribution < -0.4 is 10.5 Å². The van der Waals surface area contributed by atoms with Gasteiger partial charge in [-0.05, 0) is 31.2 Å². The Kier molecular flexibility index (Phi) is 4.42. The number of halogens is 1. The SMILES string of the molecule is CCOC(=O)c1c[nH]n2c(=O)cc([C@@H]3CC(=O)N(c4ccc(F)cc4)C3)nc12. The van der Waals surface area contributed by atoms with Crippen LogP contribution in [0.5, 0.6) is 0 Å². The summed E-state index contributed by atoms with van der Waals surface area (Å²) in [5.41, 5.74) is 0.936. The molecule has 3 aromatic rings. The number of fused-ring (bicyclic) bond motifs is 1. The maximum Gasteiger partial charge on any atom is 0.343 e. The maximum absolute atomic E-state index is 13.1. The zero-order chi connectivity index (χ0) is 19.8. The van der Waals surface area contributed by atoms with E-state index in [4.69, 9.17) is 4.74 Å². The molecule has 0 unspecified atom stereocenters. The molecule has 0 saturated carbocycles. The van der Waals surface area contributed by atoms with E-state index >= 15 is 0 Å². The molecule has 0 spiro atoms. The molecule has 9 heteroatoms. The number of hydrogen-bond acceptors (Lipinski definition) is 5. The molecule has 3 heterocycles. The van der Waals surface area contributed by atoms with E-state index in [0.29, 0.717) is 17.9 Å². The number of amides is 1. The highest BCUT2D eigenvalue weighted by Gasteiger charge is 2.33. The van der Waals surface area contributed by atoms with Crippen LogP contribution >= 0.6 is 0 Å². The molecule has 28 heavy (non-hydrogen) atoms. The molecule has 1 amide bonds. The molecule has 0 bridgehead atoms. The van der Waals surface area contributed by atoms with Gasteiger partial charge in [0.1, 0.15) is 11.4 Å². The second-order valence-corrected chi connectivity index (χ2v) is 6.47. The zero-order valence-corrected chi connectivity index (χ0v) is 15.0. The number of aromatic amines is 1. The number of anilines is 1. The normalized spacial score (nSPS) is 16.7. The van der Waals surface area contributed by atoms with Gasteiger partial charge < -0.3 is 9.64 Å².